The number of halogens is 1. The second-order valence-electron chi connectivity index (χ2n) is 9.81. The highest BCUT2D eigenvalue weighted by Crippen LogP contribution is 2.34. The van der Waals surface area contributed by atoms with Crippen LogP contribution in [0.15, 0.2) is 83.8 Å². The van der Waals surface area contributed by atoms with Gasteiger partial charge in [0.1, 0.15) is 24.7 Å². The van der Waals surface area contributed by atoms with Crippen LogP contribution >= 0.6 is 23.4 Å². The lowest BCUT2D eigenvalue weighted by Crippen LogP contribution is -2.36. The summed E-state index contributed by atoms with van der Waals surface area (Å²) in [7, 11) is 0. The van der Waals surface area contributed by atoms with E-state index in [9.17, 15) is 14.4 Å². The third-order valence-corrected chi connectivity index (χ3v) is 8.10. The fourth-order valence-electron chi connectivity index (χ4n) is 4.72. The number of thioether (sulfide) groups is 1. The van der Waals surface area contributed by atoms with Gasteiger partial charge in [-0.1, -0.05) is 29.8 Å². The molecule has 1 aliphatic heterocycles. The fraction of sp³-hybridized carbons (Fsp3) is 0.182. The van der Waals surface area contributed by atoms with Crippen LogP contribution in [0.1, 0.15) is 29.4 Å². The number of ether oxygens (including phenoxy) is 2. The van der Waals surface area contributed by atoms with E-state index in [1.54, 1.807) is 30.3 Å². The fourth-order valence-corrected chi connectivity index (χ4v) is 5.74. The van der Waals surface area contributed by atoms with Crippen LogP contribution in [-0.4, -0.2) is 39.7 Å². The summed E-state index contributed by atoms with van der Waals surface area (Å²) in [6.07, 6.45) is 1.70. The van der Waals surface area contributed by atoms with E-state index in [-0.39, 0.29) is 11.4 Å². The Morgan fingerprint density at radius 2 is 1.63 bits per heavy atom. The van der Waals surface area contributed by atoms with Crippen molar-refractivity contribution in [3.63, 3.8) is 0 Å². The van der Waals surface area contributed by atoms with Crippen LogP contribution in [0.2, 0.25) is 5.02 Å². The summed E-state index contributed by atoms with van der Waals surface area (Å²) >= 11 is 7.06. The molecule has 5 rings (SSSR count). The summed E-state index contributed by atoms with van der Waals surface area (Å²) in [5, 5.41) is 2.89. The molecule has 0 unspecified atom stereocenters. The average Bonchev–Trinajstić information content (AvgIpc) is 3.42. The number of benzene rings is 3. The van der Waals surface area contributed by atoms with Crippen LogP contribution in [0, 0.1) is 13.8 Å². The molecule has 1 saturated heterocycles. The molecule has 8 nitrogen and oxygen atoms in total. The van der Waals surface area contributed by atoms with Gasteiger partial charge in [-0.25, -0.2) is 0 Å². The largest absolute Gasteiger partial charge is 0.494 e. The number of carbonyl (C=O) groups excluding carboxylic acids is 3. The summed E-state index contributed by atoms with van der Waals surface area (Å²) in [5.41, 5.74) is 5.06. The first-order chi connectivity index (χ1) is 20.7. The van der Waals surface area contributed by atoms with E-state index in [0.29, 0.717) is 35.4 Å². The Hall–Kier alpha value is -4.47. The number of aromatic nitrogens is 1. The number of hydrogen-bond donors (Lipinski definition) is 1. The molecule has 1 aliphatic rings. The van der Waals surface area contributed by atoms with Crippen LogP contribution in [0.5, 0.6) is 11.5 Å². The van der Waals surface area contributed by atoms with Gasteiger partial charge < -0.3 is 19.4 Å². The van der Waals surface area contributed by atoms with Crippen molar-refractivity contribution in [3.05, 3.63) is 111 Å². The minimum Gasteiger partial charge on any atom is -0.494 e. The van der Waals surface area contributed by atoms with Gasteiger partial charge in [-0.3, -0.25) is 19.3 Å². The number of carbonyl (C=O) groups is 3. The standard InChI is InChI=1S/C33H30ClN3O5S/c1-4-41-27-13-9-25(10-14-27)35-31(38)19-36-32(39)30(43-33(36)40)18-24-17-21(2)37(22(24)3)26-11-15-28(16-12-26)42-20-23-7-5-6-8-29(23)34/h5-18H,4,19-20H2,1-3H3,(H,35,38)/b30-18+. The summed E-state index contributed by atoms with van der Waals surface area (Å²) in [6, 6.07) is 24.1. The van der Waals surface area contributed by atoms with E-state index < -0.39 is 17.1 Å². The van der Waals surface area contributed by atoms with Crippen molar-refractivity contribution in [3.8, 4) is 17.2 Å². The highest BCUT2D eigenvalue weighted by Gasteiger charge is 2.36. The van der Waals surface area contributed by atoms with Crippen LogP contribution in [-0.2, 0) is 16.2 Å². The number of rotatable bonds is 10. The maximum Gasteiger partial charge on any atom is 0.294 e. The Morgan fingerprint density at radius 1 is 0.953 bits per heavy atom. The maximum atomic E-state index is 13.1. The lowest BCUT2D eigenvalue weighted by Gasteiger charge is -2.13. The van der Waals surface area contributed by atoms with Crippen LogP contribution in [0.25, 0.3) is 11.8 Å². The van der Waals surface area contributed by atoms with Gasteiger partial charge in [0.2, 0.25) is 5.91 Å². The van der Waals surface area contributed by atoms with E-state index in [1.165, 1.54) is 0 Å². The molecule has 0 bridgehead atoms. The van der Waals surface area contributed by atoms with Crippen molar-refractivity contribution >= 4 is 52.2 Å². The molecule has 43 heavy (non-hydrogen) atoms. The van der Waals surface area contributed by atoms with Gasteiger partial charge in [-0.2, -0.15) is 0 Å². The van der Waals surface area contributed by atoms with Gasteiger partial charge in [-0.05, 0) is 105 Å². The van der Waals surface area contributed by atoms with E-state index in [1.807, 2.05) is 75.4 Å². The van der Waals surface area contributed by atoms with E-state index >= 15 is 0 Å². The molecule has 1 aromatic heterocycles. The zero-order valence-electron chi connectivity index (χ0n) is 23.9. The van der Waals surface area contributed by atoms with Gasteiger partial charge in [0.15, 0.2) is 0 Å². The summed E-state index contributed by atoms with van der Waals surface area (Å²) < 4.78 is 13.4. The Morgan fingerprint density at radius 3 is 2.33 bits per heavy atom. The molecule has 4 aromatic rings. The highest BCUT2D eigenvalue weighted by molar-refractivity contribution is 8.18. The number of nitrogens with zero attached hydrogens (tertiary/aromatic N) is 2. The van der Waals surface area contributed by atoms with E-state index in [0.717, 1.165) is 44.9 Å². The van der Waals surface area contributed by atoms with Crippen molar-refractivity contribution in [2.24, 2.45) is 0 Å². The smallest absolute Gasteiger partial charge is 0.294 e. The predicted octanol–water partition coefficient (Wildman–Crippen LogP) is 7.40. The van der Waals surface area contributed by atoms with Crippen molar-refractivity contribution < 1.29 is 23.9 Å². The Kier molecular flexibility index (Phi) is 9.23. The summed E-state index contributed by atoms with van der Waals surface area (Å²) in [4.78, 5) is 39.6. The van der Waals surface area contributed by atoms with Gasteiger partial charge in [0.05, 0.1) is 11.5 Å². The molecule has 1 fully saturated rings. The molecular formula is C33H30ClN3O5S. The molecule has 3 amide bonds. The Balaban J connectivity index is 1.25. The summed E-state index contributed by atoms with van der Waals surface area (Å²) in [6.45, 7) is 6.34. The molecule has 220 valence electrons. The summed E-state index contributed by atoms with van der Waals surface area (Å²) in [5.74, 6) is 0.435. The second-order valence-corrected chi connectivity index (χ2v) is 11.2. The van der Waals surface area contributed by atoms with Gasteiger partial charge in [-0.15, -0.1) is 0 Å². The SMILES string of the molecule is CCOc1ccc(NC(=O)CN2C(=O)S/C(=C/c3cc(C)n(-c4ccc(OCc5ccccc5Cl)cc4)c3C)C2=O)cc1. The van der Waals surface area contributed by atoms with E-state index in [2.05, 4.69) is 9.88 Å². The Bertz CT molecular complexity index is 1700. The third-order valence-electron chi connectivity index (χ3n) is 6.83. The molecular weight excluding hydrogens is 586 g/mol. The quantitative estimate of drug-likeness (QED) is 0.187. The van der Waals surface area contributed by atoms with Gasteiger partial charge in [0.25, 0.3) is 11.1 Å². The van der Waals surface area contributed by atoms with Crippen LogP contribution in [0.4, 0.5) is 10.5 Å². The van der Waals surface area contributed by atoms with Gasteiger partial charge >= 0.3 is 0 Å². The maximum absolute atomic E-state index is 13.1. The molecule has 0 atom stereocenters. The number of aryl methyl sites for hydroxylation is 1. The van der Waals surface area contributed by atoms with Crippen molar-refractivity contribution in [1.29, 1.82) is 0 Å². The third kappa shape index (κ3) is 6.96. The molecule has 0 spiro atoms. The zero-order chi connectivity index (χ0) is 30.5. The Labute approximate surface area is 259 Å². The minimum atomic E-state index is -0.498. The first-order valence-electron chi connectivity index (χ1n) is 13.7. The zero-order valence-corrected chi connectivity index (χ0v) is 25.5. The molecule has 0 saturated carbocycles. The predicted molar refractivity (Wildman–Crippen MR) is 170 cm³/mol. The second kappa shape index (κ2) is 13.2. The van der Waals surface area contributed by atoms with Gasteiger partial charge in [0, 0.05) is 33.3 Å². The molecule has 2 heterocycles. The van der Waals surface area contributed by atoms with Crippen molar-refractivity contribution in [2.45, 2.75) is 27.4 Å². The number of imide groups is 1. The van der Waals surface area contributed by atoms with E-state index in [4.69, 9.17) is 21.1 Å². The molecule has 0 aliphatic carbocycles. The lowest BCUT2D eigenvalue weighted by molar-refractivity contribution is -0.127. The topological polar surface area (TPSA) is 89.9 Å². The molecule has 1 N–H and O–H groups in total. The normalized spacial score (nSPS) is 14.0. The van der Waals surface area contributed by atoms with Crippen LogP contribution < -0.4 is 14.8 Å². The average molecular weight is 616 g/mol. The molecule has 10 heteroatoms. The lowest BCUT2D eigenvalue weighted by atomic mass is 10.2. The molecule has 0 radical (unpaired) electrons. The number of hydrogen-bond acceptors (Lipinski definition) is 6. The first kappa shape index (κ1) is 30.0. The van der Waals surface area contributed by atoms with Crippen molar-refractivity contribution in [2.75, 3.05) is 18.5 Å². The number of amides is 3. The monoisotopic (exact) mass is 615 g/mol. The van der Waals surface area contributed by atoms with Crippen LogP contribution in [0.3, 0.4) is 0 Å². The number of anilines is 1. The number of nitrogens with one attached hydrogen (secondary N) is 1. The minimum absolute atomic E-state index is 0.266. The molecule has 3 aromatic carbocycles. The first-order valence-corrected chi connectivity index (χ1v) is 14.9. The van der Waals surface area contributed by atoms with Crippen molar-refractivity contribution in [1.82, 2.24) is 9.47 Å². The highest BCUT2D eigenvalue weighted by atomic mass is 35.5.